The molecule has 0 atom stereocenters. The second kappa shape index (κ2) is 9.09. The lowest BCUT2D eigenvalue weighted by atomic mass is 10.1. The maximum atomic E-state index is 14.8. The number of amides is 1. The second-order valence-electron chi connectivity index (χ2n) is 6.09. The molecule has 1 aromatic heterocycles. The molecule has 2 aromatic rings. The van der Waals surface area contributed by atoms with Gasteiger partial charge in [0.1, 0.15) is 12.4 Å². The third-order valence-corrected chi connectivity index (χ3v) is 4.10. The maximum absolute atomic E-state index is 14.8. The standard InChI is InChI=1S/C18H21FN6O3/c19-15-12(11-28-18(26)24-16(20)21)3-1-4-14(15)13-9-22-17(23-10-13)25-5-2-7-27-8-6-25/h1,3-4,9-10H,2,5-8,11H2,(H4,20,21,24,26). The van der Waals surface area contributed by atoms with Crippen LogP contribution >= 0.6 is 0 Å². The number of aromatic nitrogens is 2. The molecule has 1 aliphatic heterocycles. The molecule has 0 radical (unpaired) electrons. The lowest BCUT2D eigenvalue weighted by molar-refractivity contribution is 0.149. The second-order valence-corrected chi connectivity index (χ2v) is 6.09. The van der Waals surface area contributed by atoms with Crippen LogP contribution in [0, 0.1) is 5.82 Å². The number of benzene rings is 1. The first kappa shape index (κ1) is 19.5. The predicted octanol–water partition coefficient (Wildman–Crippen LogP) is 1.42. The van der Waals surface area contributed by atoms with Crippen LogP contribution in [0.25, 0.3) is 11.1 Å². The smallest absolute Gasteiger partial charge is 0.437 e. The molecule has 0 unspecified atom stereocenters. The molecule has 0 saturated carbocycles. The monoisotopic (exact) mass is 388 g/mol. The number of rotatable bonds is 4. The summed E-state index contributed by atoms with van der Waals surface area (Å²) in [6.45, 7) is 2.57. The van der Waals surface area contributed by atoms with Gasteiger partial charge in [0.2, 0.25) is 5.95 Å². The number of nitrogens with two attached hydrogens (primary N) is 2. The Morgan fingerprint density at radius 2 is 2.04 bits per heavy atom. The topological polar surface area (TPSA) is 129 Å². The van der Waals surface area contributed by atoms with E-state index < -0.39 is 17.9 Å². The van der Waals surface area contributed by atoms with Crippen LogP contribution in [0.15, 0.2) is 35.6 Å². The summed E-state index contributed by atoms with van der Waals surface area (Å²) >= 11 is 0. The van der Waals surface area contributed by atoms with Gasteiger partial charge in [0, 0.05) is 48.8 Å². The number of guanidine groups is 1. The van der Waals surface area contributed by atoms with Crippen molar-refractivity contribution < 1.29 is 18.7 Å². The molecule has 1 aromatic carbocycles. The number of nitrogens with zero attached hydrogens (tertiary/aromatic N) is 4. The third-order valence-electron chi connectivity index (χ3n) is 4.10. The van der Waals surface area contributed by atoms with Gasteiger partial charge in [0.15, 0.2) is 5.96 Å². The molecule has 0 aliphatic carbocycles. The van der Waals surface area contributed by atoms with E-state index in [0.717, 1.165) is 19.6 Å². The van der Waals surface area contributed by atoms with E-state index in [1.807, 2.05) is 4.90 Å². The van der Waals surface area contributed by atoms with Crippen LogP contribution in [-0.2, 0) is 16.1 Å². The number of hydrogen-bond acceptors (Lipinski definition) is 6. The van der Waals surface area contributed by atoms with Crippen molar-refractivity contribution in [1.82, 2.24) is 9.97 Å². The average molecular weight is 388 g/mol. The molecule has 28 heavy (non-hydrogen) atoms. The minimum Gasteiger partial charge on any atom is -0.443 e. The highest BCUT2D eigenvalue weighted by Gasteiger charge is 2.15. The highest BCUT2D eigenvalue weighted by molar-refractivity contribution is 5.87. The number of carbonyl (C=O) groups excluding carboxylic acids is 1. The Morgan fingerprint density at radius 3 is 2.79 bits per heavy atom. The molecule has 1 saturated heterocycles. The Labute approximate surface area is 161 Å². The third kappa shape index (κ3) is 4.92. The molecule has 2 heterocycles. The summed E-state index contributed by atoms with van der Waals surface area (Å²) in [5.74, 6) is -0.371. The molecule has 0 spiro atoms. The number of carbonyl (C=O) groups is 1. The van der Waals surface area contributed by atoms with E-state index in [0.29, 0.717) is 30.2 Å². The lowest BCUT2D eigenvalue weighted by Crippen LogP contribution is -2.27. The molecular weight excluding hydrogens is 367 g/mol. The van der Waals surface area contributed by atoms with Crippen LogP contribution in [0.2, 0.25) is 0 Å². The van der Waals surface area contributed by atoms with Crippen LogP contribution in [0.1, 0.15) is 12.0 Å². The Hall–Kier alpha value is -3.27. The Bertz CT molecular complexity index is 847. The highest BCUT2D eigenvalue weighted by Crippen LogP contribution is 2.25. The zero-order chi connectivity index (χ0) is 19.9. The van der Waals surface area contributed by atoms with Crippen molar-refractivity contribution in [3.63, 3.8) is 0 Å². The summed E-state index contributed by atoms with van der Waals surface area (Å²) in [5.41, 5.74) is 11.2. The number of hydrogen-bond donors (Lipinski definition) is 2. The van der Waals surface area contributed by atoms with E-state index >= 15 is 0 Å². The van der Waals surface area contributed by atoms with Crippen LogP contribution in [0.4, 0.5) is 15.1 Å². The summed E-state index contributed by atoms with van der Waals surface area (Å²) < 4.78 is 25.1. The zero-order valence-corrected chi connectivity index (χ0v) is 15.2. The van der Waals surface area contributed by atoms with Gasteiger partial charge >= 0.3 is 6.09 Å². The van der Waals surface area contributed by atoms with Gasteiger partial charge in [0.25, 0.3) is 0 Å². The quantitative estimate of drug-likeness (QED) is 0.594. The van der Waals surface area contributed by atoms with Crippen molar-refractivity contribution in [3.8, 4) is 11.1 Å². The Balaban J connectivity index is 1.74. The van der Waals surface area contributed by atoms with Crippen LogP contribution in [0.3, 0.4) is 0 Å². The predicted molar refractivity (Wildman–Crippen MR) is 101 cm³/mol. The molecule has 4 N–H and O–H groups in total. The van der Waals surface area contributed by atoms with Gasteiger partial charge in [-0.25, -0.2) is 19.2 Å². The Morgan fingerprint density at radius 1 is 1.25 bits per heavy atom. The summed E-state index contributed by atoms with van der Waals surface area (Å²) in [4.78, 5) is 25.4. The zero-order valence-electron chi connectivity index (χ0n) is 15.2. The fourth-order valence-electron chi connectivity index (χ4n) is 2.76. The molecule has 3 rings (SSSR count). The first-order valence-corrected chi connectivity index (χ1v) is 8.73. The van der Waals surface area contributed by atoms with Crippen molar-refractivity contribution in [2.24, 2.45) is 16.5 Å². The minimum atomic E-state index is -0.987. The molecule has 0 bridgehead atoms. The largest absolute Gasteiger partial charge is 0.443 e. The molecule has 1 fully saturated rings. The fourth-order valence-corrected chi connectivity index (χ4v) is 2.76. The first-order valence-electron chi connectivity index (χ1n) is 8.73. The lowest BCUT2D eigenvalue weighted by Gasteiger charge is -2.19. The highest BCUT2D eigenvalue weighted by atomic mass is 19.1. The fraction of sp³-hybridized carbons (Fsp3) is 0.333. The van der Waals surface area contributed by atoms with Gasteiger partial charge in [-0.05, 0) is 6.42 Å². The van der Waals surface area contributed by atoms with Crippen molar-refractivity contribution in [2.75, 3.05) is 31.2 Å². The SMILES string of the molecule is NC(N)=NC(=O)OCc1cccc(-c2cnc(N3CCCOCC3)nc2)c1F. The molecule has 148 valence electrons. The van der Waals surface area contributed by atoms with E-state index in [9.17, 15) is 9.18 Å². The summed E-state index contributed by atoms with van der Waals surface area (Å²) in [5, 5.41) is 0. The van der Waals surface area contributed by atoms with Crippen molar-refractivity contribution >= 4 is 18.0 Å². The summed E-state index contributed by atoms with van der Waals surface area (Å²) in [6, 6.07) is 4.77. The minimum absolute atomic E-state index is 0.186. The van der Waals surface area contributed by atoms with E-state index in [1.165, 1.54) is 6.07 Å². The average Bonchev–Trinajstić information content (AvgIpc) is 2.96. The van der Waals surface area contributed by atoms with Gasteiger partial charge in [0.05, 0.1) is 6.61 Å². The van der Waals surface area contributed by atoms with Crippen molar-refractivity contribution in [3.05, 3.63) is 42.0 Å². The number of anilines is 1. The molecule has 1 amide bonds. The summed E-state index contributed by atoms with van der Waals surface area (Å²) in [7, 11) is 0. The van der Waals surface area contributed by atoms with E-state index in [1.54, 1.807) is 24.5 Å². The normalized spacial score (nSPS) is 14.2. The first-order chi connectivity index (χ1) is 13.5. The number of aliphatic imine (C=N–C) groups is 1. The van der Waals surface area contributed by atoms with Gasteiger partial charge in [-0.1, -0.05) is 18.2 Å². The van der Waals surface area contributed by atoms with E-state index in [4.69, 9.17) is 20.9 Å². The number of halogens is 1. The van der Waals surface area contributed by atoms with Crippen molar-refractivity contribution in [1.29, 1.82) is 0 Å². The Kier molecular flexibility index (Phi) is 6.33. The van der Waals surface area contributed by atoms with Crippen molar-refractivity contribution in [2.45, 2.75) is 13.0 Å². The number of ether oxygens (including phenoxy) is 2. The molecule has 1 aliphatic rings. The van der Waals surface area contributed by atoms with Gasteiger partial charge in [-0.15, -0.1) is 4.99 Å². The molecular formula is C18H21FN6O3. The maximum Gasteiger partial charge on any atom is 0.437 e. The van der Waals surface area contributed by atoms with Crippen LogP contribution in [0.5, 0.6) is 0 Å². The van der Waals surface area contributed by atoms with E-state index in [2.05, 4.69) is 15.0 Å². The van der Waals surface area contributed by atoms with Gasteiger partial charge in [-0.2, -0.15) is 0 Å². The molecule has 9 nitrogen and oxygen atoms in total. The van der Waals surface area contributed by atoms with Crippen LogP contribution in [-0.4, -0.2) is 48.3 Å². The molecule has 10 heteroatoms. The summed E-state index contributed by atoms with van der Waals surface area (Å²) in [6.07, 6.45) is 3.06. The van der Waals surface area contributed by atoms with Gasteiger partial charge in [-0.3, -0.25) is 0 Å². The van der Waals surface area contributed by atoms with Crippen LogP contribution < -0.4 is 16.4 Å². The van der Waals surface area contributed by atoms with Gasteiger partial charge < -0.3 is 25.8 Å². The van der Waals surface area contributed by atoms with E-state index in [-0.39, 0.29) is 12.2 Å².